The van der Waals surface area contributed by atoms with Gasteiger partial charge in [-0.25, -0.2) is 9.69 Å². The molecule has 0 unspecified atom stereocenters. The molecule has 2 aliphatic heterocycles. The van der Waals surface area contributed by atoms with Crippen molar-refractivity contribution in [2.45, 2.75) is 50.6 Å². The summed E-state index contributed by atoms with van der Waals surface area (Å²) in [5, 5.41) is 0. The van der Waals surface area contributed by atoms with E-state index in [4.69, 9.17) is 9.47 Å². The lowest BCUT2D eigenvalue weighted by atomic mass is 10.0. The number of amides is 4. The molecule has 1 saturated carbocycles. The molecule has 2 heterocycles. The second-order valence-corrected chi connectivity index (χ2v) is 7.85. The van der Waals surface area contributed by atoms with Crippen molar-refractivity contribution in [1.29, 1.82) is 0 Å². The van der Waals surface area contributed by atoms with Crippen molar-refractivity contribution in [2.24, 2.45) is 0 Å². The van der Waals surface area contributed by atoms with E-state index in [1.54, 1.807) is 14.2 Å². The molecule has 156 valence electrons. The average Bonchev–Trinajstić information content (AvgIpc) is 3.46. The molecule has 1 aliphatic carbocycles. The van der Waals surface area contributed by atoms with Crippen LogP contribution in [0.25, 0.3) is 0 Å². The van der Waals surface area contributed by atoms with Crippen molar-refractivity contribution in [2.75, 3.05) is 27.4 Å². The van der Waals surface area contributed by atoms with Crippen LogP contribution >= 0.6 is 0 Å². The number of methoxy groups -OCH3 is 2. The Labute approximate surface area is 170 Å². The van der Waals surface area contributed by atoms with E-state index in [2.05, 4.69) is 4.90 Å². The molecule has 1 aromatic carbocycles. The van der Waals surface area contributed by atoms with Crippen molar-refractivity contribution in [1.82, 2.24) is 14.7 Å². The molecule has 0 bridgehead atoms. The Bertz CT molecular complexity index is 821. The largest absolute Gasteiger partial charge is 0.497 e. The molecule has 4 rings (SSSR count). The number of ether oxygens (including phenoxy) is 2. The molecule has 4 amide bonds. The Kier molecular flexibility index (Phi) is 5.45. The molecule has 29 heavy (non-hydrogen) atoms. The van der Waals surface area contributed by atoms with Gasteiger partial charge in [0.05, 0.1) is 20.9 Å². The van der Waals surface area contributed by atoms with Crippen molar-refractivity contribution in [3.63, 3.8) is 0 Å². The summed E-state index contributed by atoms with van der Waals surface area (Å²) in [6, 6.07) is 5.07. The van der Waals surface area contributed by atoms with E-state index in [-0.39, 0.29) is 18.8 Å². The van der Waals surface area contributed by atoms with E-state index >= 15 is 0 Å². The smallest absolute Gasteiger partial charge is 0.335 e. The molecule has 3 fully saturated rings. The summed E-state index contributed by atoms with van der Waals surface area (Å²) in [7, 11) is 3.22. The van der Waals surface area contributed by atoms with E-state index in [1.807, 2.05) is 18.2 Å². The minimum Gasteiger partial charge on any atom is -0.497 e. The van der Waals surface area contributed by atoms with Crippen LogP contribution in [0, 0.1) is 0 Å². The molecule has 1 aromatic rings. The van der Waals surface area contributed by atoms with Gasteiger partial charge in [0.25, 0.3) is 0 Å². The summed E-state index contributed by atoms with van der Waals surface area (Å²) in [6.07, 6.45) is 5.38. The van der Waals surface area contributed by atoms with Crippen LogP contribution in [-0.2, 0) is 9.59 Å². The number of likely N-dealkylation sites (tertiary alicyclic amines) is 1. The van der Waals surface area contributed by atoms with Crippen molar-refractivity contribution < 1.29 is 23.9 Å². The number of carbonyl (C=O) groups excluding carboxylic acids is 3. The number of imide groups is 2. The van der Waals surface area contributed by atoms with Gasteiger partial charge in [0, 0.05) is 30.3 Å². The fraction of sp³-hybridized carbons (Fsp3) is 0.571. The zero-order valence-electron chi connectivity index (χ0n) is 16.9. The summed E-state index contributed by atoms with van der Waals surface area (Å²) < 4.78 is 10.8. The Hall–Kier alpha value is -2.61. The Morgan fingerprint density at radius 3 is 2.41 bits per heavy atom. The van der Waals surface area contributed by atoms with Gasteiger partial charge in [-0.2, -0.15) is 0 Å². The van der Waals surface area contributed by atoms with Crippen LogP contribution in [0.3, 0.4) is 0 Å². The topological polar surface area (TPSA) is 79.4 Å². The van der Waals surface area contributed by atoms with E-state index in [0.717, 1.165) is 55.5 Å². The van der Waals surface area contributed by atoms with E-state index in [0.29, 0.717) is 11.5 Å². The van der Waals surface area contributed by atoms with Crippen molar-refractivity contribution in [3.05, 3.63) is 23.8 Å². The lowest BCUT2D eigenvalue weighted by Crippen LogP contribution is -2.43. The number of hydrogen-bond donors (Lipinski definition) is 0. The van der Waals surface area contributed by atoms with Crippen LogP contribution < -0.4 is 9.47 Å². The Morgan fingerprint density at radius 1 is 0.966 bits per heavy atom. The lowest BCUT2D eigenvalue weighted by molar-refractivity contribution is -0.144. The molecule has 0 N–H and O–H groups in total. The molecule has 0 spiro atoms. The molecule has 8 nitrogen and oxygen atoms in total. The summed E-state index contributed by atoms with van der Waals surface area (Å²) in [5.41, 5.74) is 0.990. The summed E-state index contributed by atoms with van der Waals surface area (Å²) in [6.45, 7) is 0.862. The van der Waals surface area contributed by atoms with Crippen LogP contribution in [0.15, 0.2) is 18.2 Å². The predicted molar refractivity (Wildman–Crippen MR) is 104 cm³/mol. The number of nitrogens with zero attached hydrogens (tertiary/aromatic N) is 3. The zero-order valence-corrected chi connectivity index (χ0v) is 16.9. The number of hydrogen-bond acceptors (Lipinski definition) is 6. The third-order valence-electron chi connectivity index (χ3n) is 6.26. The van der Waals surface area contributed by atoms with Crippen LogP contribution in [0.1, 0.15) is 50.1 Å². The molecular weight excluding hydrogens is 374 g/mol. The van der Waals surface area contributed by atoms with E-state index in [1.165, 1.54) is 4.90 Å². The first-order chi connectivity index (χ1) is 14.0. The zero-order chi connectivity index (χ0) is 20.5. The third kappa shape index (κ3) is 3.46. The van der Waals surface area contributed by atoms with Gasteiger partial charge < -0.3 is 9.47 Å². The second kappa shape index (κ2) is 8.02. The predicted octanol–water partition coefficient (Wildman–Crippen LogP) is 2.53. The van der Waals surface area contributed by atoms with Gasteiger partial charge in [0.2, 0.25) is 0 Å². The average molecular weight is 401 g/mol. The molecule has 8 heteroatoms. The summed E-state index contributed by atoms with van der Waals surface area (Å²) >= 11 is 0. The molecular formula is C21H27N3O5. The quantitative estimate of drug-likeness (QED) is 0.538. The van der Waals surface area contributed by atoms with Gasteiger partial charge in [0.15, 0.2) is 0 Å². The van der Waals surface area contributed by atoms with Crippen LogP contribution in [-0.4, -0.2) is 66.0 Å². The number of urea groups is 1. The maximum absolute atomic E-state index is 12.9. The highest BCUT2D eigenvalue weighted by atomic mass is 16.5. The minimum absolute atomic E-state index is 0.00656. The van der Waals surface area contributed by atoms with Gasteiger partial charge in [-0.05, 0) is 31.7 Å². The van der Waals surface area contributed by atoms with E-state index in [9.17, 15) is 14.4 Å². The maximum Gasteiger partial charge on any atom is 0.335 e. The summed E-state index contributed by atoms with van der Waals surface area (Å²) in [5.74, 6) is 0.0238. The second-order valence-electron chi connectivity index (χ2n) is 7.85. The van der Waals surface area contributed by atoms with Gasteiger partial charge in [-0.1, -0.05) is 18.9 Å². The fourth-order valence-corrected chi connectivity index (χ4v) is 4.75. The van der Waals surface area contributed by atoms with Gasteiger partial charge in [-0.15, -0.1) is 0 Å². The van der Waals surface area contributed by atoms with Gasteiger partial charge in [0.1, 0.15) is 11.5 Å². The van der Waals surface area contributed by atoms with Crippen LogP contribution in [0.4, 0.5) is 4.79 Å². The van der Waals surface area contributed by atoms with Crippen molar-refractivity contribution in [3.8, 4) is 11.5 Å². The van der Waals surface area contributed by atoms with Gasteiger partial charge >= 0.3 is 17.8 Å². The third-order valence-corrected chi connectivity index (χ3v) is 6.26. The standard InChI is InChI=1S/C21H27N3O5/c1-28-15-9-10-16(18(12-15)29-2)17-8-5-11-22(17)13-23-19(25)20(26)24(21(23)27)14-6-3-4-7-14/h9-10,12,14,17H,3-8,11,13H2,1-2H3/t17-/m0/s1. The first kappa shape index (κ1) is 19.7. The van der Waals surface area contributed by atoms with Crippen molar-refractivity contribution >= 4 is 17.8 Å². The molecule has 0 aromatic heterocycles. The van der Waals surface area contributed by atoms with Crippen LogP contribution in [0.2, 0.25) is 0 Å². The Balaban J connectivity index is 1.54. The maximum atomic E-state index is 12.9. The molecule has 3 aliphatic rings. The first-order valence-corrected chi connectivity index (χ1v) is 10.2. The highest BCUT2D eigenvalue weighted by molar-refractivity contribution is 6.44. The highest BCUT2D eigenvalue weighted by Crippen LogP contribution is 2.39. The monoisotopic (exact) mass is 401 g/mol. The molecule has 1 atom stereocenters. The summed E-state index contributed by atoms with van der Waals surface area (Å²) in [4.78, 5) is 42.3. The minimum atomic E-state index is -0.714. The Morgan fingerprint density at radius 2 is 1.72 bits per heavy atom. The first-order valence-electron chi connectivity index (χ1n) is 10.2. The normalized spacial score (nSPS) is 23.5. The number of carbonyl (C=O) groups is 3. The SMILES string of the molecule is COc1ccc([C@@H]2CCCN2CN2C(=O)C(=O)N(C3CCCC3)C2=O)c(OC)c1. The van der Waals surface area contributed by atoms with Gasteiger partial charge in [-0.3, -0.25) is 19.4 Å². The lowest BCUT2D eigenvalue weighted by Gasteiger charge is -2.29. The number of benzene rings is 1. The highest BCUT2D eigenvalue weighted by Gasteiger charge is 2.49. The van der Waals surface area contributed by atoms with E-state index < -0.39 is 17.8 Å². The fourth-order valence-electron chi connectivity index (χ4n) is 4.75. The molecule has 2 saturated heterocycles. The molecule has 0 radical (unpaired) electrons. The number of rotatable bonds is 6. The van der Waals surface area contributed by atoms with Crippen LogP contribution in [0.5, 0.6) is 11.5 Å².